The van der Waals surface area contributed by atoms with Gasteiger partial charge >= 0.3 is 29.3 Å². The molecule has 0 aliphatic carbocycles. The van der Waals surface area contributed by atoms with E-state index in [-0.39, 0.29) is 20.0 Å². The second-order valence-corrected chi connectivity index (χ2v) is 5.75. The van der Waals surface area contributed by atoms with Gasteiger partial charge in [-0.05, 0) is 12.1 Å². The van der Waals surface area contributed by atoms with Crippen LogP contribution in [-0.4, -0.2) is 29.3 Å². The zero-order valence-electron chi connectivity index (χ0n) is 4.93. The predicted octanol–water partition coefficient (Wildman–Crippen LogP) is -0.278. The molecule has 1 fully saturated rings. The number of hydrogen-bond acceptors (Lipinski definition) is 3. The molecule has 1 rings (SSSR count). The third-order valence-corrected chi connectivity index (χ3v) is 4.21. The second kappa shape index (κ2) is 3.44. The molecular weight excluding hydrogens is 168 g/mol. The summed E-state index contributed by atoms with van der Waals surface area (Å²) in [5, 5.41) is 0.989. The van der Waals surface area contributed by atoms with Crippen molar-refractivity contribution < 1.29 is 12.3 Å². The SMILES string of the molecule is C=C(C)[Si]1O[Si]O[Si]O1. The van der Waals surface area contributed by atoms with Gasteiger partial charge in [-0.25, -0.2) is 0 Å². The highest BCUT2D eigenvalue weighted by Crippen LogP contribution is 2.02. The van der Waals surface area contributed by atoms with Gasteiger partial charge in [0.1, 0.15) is 0 Å². The van der Waals surface area contributed by atoms with Gasteiger partial charge in [-0.1, -0.05) is 6.58 Å². The Morgan fingerprint density at radius 3 is 2.33 bits per heavy atom. The van der Waals surface area contributed by atoms with Crippen LogP contribution < -0.4 is 0 Å². The van der Waals surface area contributed by atoms with Crippen LogP contribution in [0.1, 0.15) is 6.92 Å². The van der Waals surface area contributed by atoms with Gasteiger partial charge in [0.05, 0.1) is 0 Å². The minimum atomic E-state index is -1.16. The van der Waals surface area contributed by atoms with Crippen molar-refractivity contribution in [1.29, 1.82) is 0 Å². The van der Waals surface area contributed by atoms with Crippen molar-refractivity contribution in [3.63, 3.8) is 0 Å². The van der Waals surface area contributed by atoms with Crippen LogP contribution in [0.2, 0.25) is 0 Å². The molecule has 0 aromatic rings. The molecule has 1 aliphatic rings. The molecule has 0 amide bonds. The van der Waals surface area contributed by atoms with E-state index in [0.717, 1.165) is 5.20 Å². The molecule has 6 heteroatoms. The molecule has 0 N–H and O–H groups in total. The lowest BCUT2D eigenvalue weighted by molar-refractivity contribution is 0.330. The minimum Gasteiger partial charge on any atom is -0.412 e. The molecule has 0 aromatic heterocycles. The van der Waals surface area contributed by atoms with E-state index in [1.165, 1.54) is 0 Å². The summed E-state index contributed by atoms with van der Waals surface area (Å²) in [6.45, 7) is 5.64. The quantitative estimate of drug-likeness (QED) is 0.511. The van der Waals surface area contributed by atoms with Gasteiger partial charge in [0, 0.05) is 0 Å². The summed E-state index contributed by atoms with van der Waals surface area (Å²) in [6.07, 6.45) is 0. The largest absolute Gasteiger partial charge is 0.413 e. The van der Waals surface area contributed by atoms with Crippen LogP contribution in [-0.2, 0) is 12.3 Å². The molecule has 0 saturated carbocycles. The Morgan fingerprint density at radius 1 is 1.44 bits per heavy atom. The Morgan fingerprint density at radius 2 is 2.00 bits per heavy atom. The lowest BCUT2D eigenvalue weighted by atomic mass is 10.8. The van der Waals surface area contributed by atoms with Crippen molar-refractivity contribution in [2.75, 3.05) is 0 Å². The summed E-state index contributed by atoms with van der Waals surface area (Å²) in [5.74, 6) is 0. The monoisotopic (exact) mass is 173 g/mol. The zero-order valence-corrected chi connectivity index (χ0v) is 7.93. The van der Waals surface area contributed by atoms with Crippen LogP contribution in [0.15, 0.2) is 11.8 Å². The molecule has 9 heavy (non-hydrogen) atoms. The van der Waals surface area contributed by atoms with Crippen molar-refractivity contribution in [2.45, 2.75) is 6.92 Å². The Hall–Kier alpha value is 0.271. The highest BCUT2D eigenvalue weighted by molar-refractivity contribution is 6.66. The number of hydrogen-bond donors (Lipinski definition) is 0. The zero-order chi connectivity index (χ0) is 6.69. The summed E-state index contributed by atoms with van der Waals surface area (Å²) in [4.78, 5) is 0. The fourth-order valence-corrected chi connectivity index (χ4v) is 4.09. The maximum absolute atomic E-state index is 5.13. The van der Waals surface area contributed by atoms with Gasteiger partial charge in [-0.2, -0.15) is 0 Å². The van der Waals surface area contributed by atoms with Crippen molar-refractivity contribution in [1.82, 2.24) is 0 Å². The average molecular weight is 173 g/mol. The highest BCUT2D eigenvalue weighted by Gasteiger charge is 2.22. The first-order valence-electron chi connectivity index (χ1n) is 2.33. The van der Waals surface area contributed by atoms with Crippen molar-refractivity contribution >= 4 is 29.3 Å². The van der Waals surface area contributed by atoms with E-state index in [4.69, 9.17) is 12.3 Å². The summed E-state index contributed by atoms with van der Waals surface area (Å²) in [6, 6.07) is 0. The molecule has 1 saturated heterocycles. The van der Waals surface area contributed by atoms with E-state index in [1.54, 1.807) is 0 Å². The third-order valence-electron chi connectivity index (χ3n) is 0.701. The summed E-state index contributed by atoms with van der Waals surface area (Å²) in [5.41, 5.74) is 0. The molecule has 0 atom stereocenters. The normalized spacial score (nSPS) is 21.9. The van der Waals surface area contributed by atoms with Crippen molar-refractivity contribution in [3.05, 3.63) is 11.8 Å². The van der Waals surface area contributed by atoms with E-state index >= 15 is 0 Å². The Kier molecular flexibility index (Phi) is 2.82. The molecular formula is C3H5O3Si3. The molecule has 3 nitrogen and oxygen atoms in total. The fourth-order valence-electron chi connectivity index (χ4n) is 0.329. The molecule has 0 unspecified atom stereocenters. The first-order valence-corrected chi connectivity index (χ1v) is 5.28. The first-order chi connectivity index (χ1) is 4.30. The van der Waals surface area contributed by atoms with Crippen LogP contribution in [0.4, 0.5) is 0 Å². The topological polar surface area (TPSA) is 27.7 Å². The Balaban J connectivity index is 2.31. The molecule has 0 bridgehead atoms. The summed E-state index contributed by atoms with van der Waals surface area (Å²) >= 11 is 0. The molecule has 1 aliphatic heterocycles. The maximum atomic E-state index is 5.13. The average Bonchev–Trinajstić information content (AvgIpc) is 1.90. The van der Waals surface area contributed by atoms with Crippen LogP contribution >= 0.6 is 0 Å². The Bertz CT molecular complexity index is 111. The van der Waals surface area contributed by atoms with Gasteiger partial charge in [0.2, 0.25) is 0 Å². The van der Waals surface area contributed by atoms with Crippen LogP contribution in [0.5, 0.6) is 0 Å². The lowest BCUT2D eigenvalue weighted by Gasteiger charge is -2.17. The van der Waals surface area contributed by atoms with Gasteiger partial charge < -0.3 is 12.3 Å². The van der Waals surface area contributed by atoms with E-state index in [1.807, 2.05) is 6.92 Å². The standard InChI is InChI=1S/C3H5O3Si3/c1-3(2)9-5-7-4-8-6-9/h1H2,2H3. The van der Waals surface area contributed by atoms with Gasteiger partial charge in [-0.3, -0.25) is 0 Å². The molecule has 0 spiro atoms. The lowest BCUT2D eigenvalue weighted by Crippen LogP contribution is -2.35. The van der Waals surface area contributed by atoms with E-state index in [0.29, 0.717) is 0 Å². The summed E-state index contributed by atoms with van der Waals surface area (Å²) < 4.78 is 15.1. The van der Waals surface area contributed by atoms with Crippen molar-refractivity contribution in [3.8, 4) is 0 Å². The highest BCUT2D eigenvalue weighted by atomic mass is 28.4. The van der Waals surface area contributed by atoms with Crippen LogP contribution in [0.25, 0.3) is 0 Å². The Labute approximate surface area is 61.0 Å². The van der Waals surface area contributed by atoms with Gasteiger partial charge in [-0.15, -0.1) is 0 Å². The third kappa shape index (κ3) is 2.16. The van der Waals surface area contributed by atoms with E-state index < -0.39 is 9.28 Å². The first kappa shape index (κ1) is 7.38. The number of allylic oxidation sites excluding steroid dienone is 1. The van der Waals surface area contributed by atoms with Crippen LogP contribution in [0.3, 0.4) is 0 Å². The molecule has 47 valence electrons. The van der Waals surface area contributed by atoms with Crippen molar-refractivity contribution in [2.24, 2.45) is 0 Å². The minimum absolute atomic E-state index is 0.147. The van der Waals surface area contributed by atoms with Crippen LogP contribution in [0, 0.1) is 0 Å². The van der Waals surface area contributed by atoms with E-state index in [2.05, 4.69) is 6.58 Å². The maximum Gasteiger partial charge on any atom is 0.413 e. The predicted molar refractivity (Wildman–Crippen MR) is 35.3 cm³/mol. The van der Waals surface area contributed by atoms with Gasteiger partial charge in [0.15, 0.2) is 0 Å². The molecule has 1 heterocycles. The molecule has 5 radical (unpaired) electrons. The second-order valence-electron chi connectivity index (χ2n) is 1.54. The molecule has 0 aromatic carbocycles. The fraction of sp³-hybridized carbons (Fsp3) is 0.333. The smallest absolute Gasteiger partial charge is 0.412 e. The van der Waals surface area contributed by atoms with Gasteiger partial charge in [0.25, 0.3) is 0 Å². The van der Waals surface area contributed by atoms with E-state index in [9.17, 15) is 0 Å². The summed E-state index contributed by atoms with van der Waals surface area (Å²) in [7, 11) is -0.867. The number of rotatable bonds is 1.